The number of hydrogen-bond donors (Lipinski definition) is 1. The molecule has 1 aromatic carbocycles. The maximum Gasteiger partial charge on any atom is 0.127 e. The molecule has 1 saturated heterocycles. The highest BCUT2D eigenvalue weighted by atomic mass is 19.1. The molecule has 2 aliphatic rings. The fourth-order valence-corrected chi connectivity index (χ4v) is 4.74. The summed E-state index contributed by atoms with van der Waals surface area (Å²) < 4.78 is 13.3. The number of aromatic nitrogens is 2. The molecule has 138 valence electrons. The Morgan fingerprint density at radius 1 is 1.19 bits per heavy atom. The lowest BCUT2D eigenvalue weighted by atomic mass is 9.67. The quantitative estimate of drug-likeness (QED) is 0.914. The number of nitrogens with zero attached hydrogens (tertiary/aromatic N) is 3. The molecule has 4 nitrogen and oxygen atoms in total. The lowest BCUT2D eigenvalue weighted by Gasteiger charge is -2.41. The van der Waals surface area contributed by atoms with Crippen LogP contribution in [-0.2, 0) is 18.6 Å². The molecule has 5 heteroatoms. The van der Waals surface area contributed by atoms with E-state index in [1.54, 1.807) is 12.1 Å². The zero-order valence-electron chi connectivity index (χ0n) is 15.2. The number of likely N-dealkylation sites (tertiary alicyclic amines) is 1. The molecule has 2 aromatic rings. The van der Waals surface area contributed by atoms with Gasteiger partial charge in [-0.3, -0.25) is 4.90 Å². The van der Waals surface area contributed by atoms with Crippen LogP contribution in [0, 0.1) is 17.7 Å². The van der Waals surface area contributed by atoms with Crippen LogP contribution in [0.2, 0.25) is 0 Å². The maximum atomic E-state index is 13.3. The van der Waals surface area contributed by atoms with Crippen molar-refractivity contribution in [1.29, 1.82) is 0 Å². The second-order valence-electron chi connectivity index (χ2n) is 7.75. The zero-order chi connectivity index (χ0) is 18.1. The van der Waals surface area contributed by atoms with Crippen molar-refractivity contribution < 1.29 is 9.50 Å². The standard InChI is InChI=1S/C21H26FN3O/c1-2-20-23-10-15(11-24-20)12-25-13-16-4-3-9-21(26,19(16)14-25)17-5-7-18(22)8-6-17/h5-8,10-11,16,19,26H,2-4,9,12-14H2,1H3/t16-,19+,21-/m0/s1. The van der Waals surface area contributed by atoms with Gasteiger partial charge >= 0.3 is 0 Å². The molecule has 1 N–H and O–H groups in total. The smallest absolute Gasteiger partial charge is 0.127 e. The number of aliphatic hydroxyl groups is 1. The molecule has 0 bridgehead atoms. The van der Waals surface area contributed by atoms with Gasteiger partial charge in [-0.1, -0.05) is 19.1 Å². The Kier molecular flexibility index (Phi) is 4.76. The number of fused-ring (bicyclic) bond motifs is 1. The van der Waals surface area contributed by atoms with Crippen LogP contribution in [0.3, 0.4) is 0 Å². The van der Waals surface area contributed by atoms with Gasteiger partial charge in [0.2, 0.25) is 0 Å². The van der Waals surface area contributed by atoms with Crippen molar-refractivity contribution in [2.75, 3.05) is 13.1 Å². The SMILES string of the molecule is CCc1ncc(CN2C[C@@H]3CCC[C@](O)(c4ccc(F)cc4)[C@@H]3C2)cn1. The minimum Gasteiger partial charge on any atom is -0.385 e. The number of halogens is 1. The summed E-state index contributed by atoms with van der Waals surface area (Å²) in [7, 11) is 0. The van der Waals surface area contributed by atoms with Gasteiger partial charge in [-0.15, -0.1) is 0 Å². The van der Waals surface area contributed by atoms with Gasteiger partial charge in [0.15, 0.2) is 0 Å². The number of hydrogen-bond acceptors (Lipinski definition) is 4. The third-order valence-electron chi connectivity index (χ3n) is 6.09. The molecule has 0 amide bonds. The summed E-state index contributed by atoms with van der Waals surface area (Å²) in [4.78, 5) is 11.2. The van der Waals surface area contributed by atoms with Gasteiger partial charge in [-0.2, -0.15) is 0 Å². The summed E-state index contributed by atoms with van der Waals surface area (Å²) in [6.45, 7) is 4.71. The van der Waals surface area contributed by atoms with Crippen LogP contribution in [0.5, 0.6) is 0 Å². The highest BCUT2D eigenvalue weighted by molar-refractivity contribution is 5.26. The molecule has 26 heavy (non-hydrogen) atoms. The van der Waals surface area contributed by atoms with Crippen LogP contribution in [0.1, 0.15) is 43.1 Å². The second-order valence-corrected chi connectivity index (χ2v) is 7.75. The maximum absolute atomic E-state index is 13.3. The minimum atomic E-state index is -0.853. The molecule has 1 aliphatic heterocycles. The van der Waals surface area contributed by atoms with Gasteiger partial charge in [0.1, 0.15) is 11.6 Å². The molecule has 1 saturated carbocycles. The van der Waals surface area contributed by atoms with E-state index in [4.69, 9.17) is 0 Å². The van der Waals surface area contributed by atoms with Crippen LogP contribution in [0.25, 0.3) is 0 Å². The summed E-state index contributed by atoms with van der Waals surface area (Å²) >= 11 is 0. The highest BCUT2D eigenvalue weighted by Gasteiger charge is 2.49. The van der Waals surface area contributed by atoms with Crippen molar-refractivity contribution in [2.24, 2.45) is 11.8 Å². The first kappa shape index (κ1) is 17.6. The average Bonchev–Trinajstić information content (AvgIpc) is 3.07. The lowest BCUT2D eigenvalue weighted by molar-refractivity contribution is -0.0648. The van der Waals surface area contributed by atoms with E-state index in [-0.39, 0.29) is 11.7 Å². The van der Waals surface area contributed by atoms with Crippen molar-refractivity contribution in [1.82, 2.24) is 14.9 Å². The highest BCUT2D eigenvalue weighted by Crippen LogP contribution is 2.48. The average molecular weight is 355 g/mol. The van der Waals surface area contributed by atoms with Gasteiger partial charge in [0, 0.05) is 49.9 Å². The van der Waals surface area contributed by atoms with Gasteiger partial charge in [-0.25, -0.2) is 14.4 Å². The first-order valence-corrected chi connectivity index (χ1v) is 9.59. The molecule has 2 fully saturated rings. The fourth-order valence-electron chi connectivity index (χ4n) is 4.74. The molecule has 1 aromatic heterocycles. The normalized spacial score (nSPS) is 28.9. The Hall–Kier alpha value is -1.85. The Labute approximate surface area is 154 Å². The van der Waals surface area contributed by atoms with Crippen molar-refractivity contribution in [3.8, 4) is 0 Å². The van der Waals surface area contributed by atoms with E-state index in [9.17, 15) is 9.50 Å². The molecule has 4 rings (SSSR count). The van der Waals surface area contributed by atoms with Gasteiger partial charge in [0.05, 0.1) is 5.60 Å². The van der Waals surface area contributed by atoms with E-state index in [0.717, 1.165) is 62.3 Å². The van der Waals surface area contributed by atoms with Crippen molar-refractivity contribution in [2.45, 2.75) is 44.8 Å². The third kappa shape index (κ3) is 3.26. The minimum absolute atomic E-state index is 0.192. The molecule has 0 unspecified atom stereocenters. The fraction of sp³-hybridized carbons (Fsp3) is 0.524. The predicted molar refractivity (Wildman–Crippen MR) is 97.8 cm³/mol. The van der Waals surface area contributed by atoms with Crippen molar-refractivity contribution in [3.05, 3.63) is 59.4 Å². The van der Waals surface area contributed by atoms with E-state index >= 15 is 0 Å². The lowest BCUT2D eigenvalue weighted by Crippen LogP contribution is -2.42. The summed E-state index contributed by atoms with van der Waals surface area (Å²) in [5.74, 6) is 1.29. The topological polar surface area (TPSA) is 49.2 Å². The molecule has 3 atom stereocenters. The first-order valence-electron chi connectivity index (χ1n) is 9.59. The van der Waals surface area contributed by atoms with Crippen molar-refractivity contribution in [3.63, 3.8) is 0 Å². The van der Waals surface area contributed by atoms with E-state index in [0.29, 0.717) is 5.92 Å². The van der Waals surface area contributed by atoms with Crippen LogP contribution in [0.15, 0.2) is 36.7 Å². The van der Waals surface area contributed by atoms with E-state index in [1.807, 2.05) is 12.4 Å². The summed E-state index contributed by atoms with van der Waals surface area (Å²) in [5.41, 5.74) is 1.12. The molecule has 0 radical (unpaired) electrons. The summed E-state index contributed by atoms with van der Waals surface area (Å²) in [5, 5.41) is 11.5. The number of benzene rings is 1. The molecule has 0 spiro atoms. The zero-order valence-corrected chi connectivity index (χ0v) is 15.2. The van der Waals surface area contributed by atoms with Crippen molar-refractivity contribution >= 4 is 0 Å². The van der Waals surface area contributed by atoms with Crippen LogP contribution < -0.4 is 0 Å². The monoisotopic (exact) mass is 355 g/mol. The number of rotatable bonds is 4. The van der Waals surface area contributed by atoms with Crippen LogP contribution in [-0.4, -0.2) is 33.1 Å². The Morgan fingerprint density at radius 2 is 1.92 bits per heavy atom. The number of aryl methyl sites for hydroxylation is 1. The van der Waals surface area contributed by atoms with Crippen LogP contribution in [0.4, 0.5) is 4.39 Å². The first-order chi connectivity index (χ1) is 12.6. The summed E-state index contributed by atoms with van der Waals surface area (Å²) in [6.07, 6.45) is 7.59. The third-order valence-corrected chi connectivity index (χ3v) is 6.09. The van der Waals surface area contributed by atoms with Gasteiger partial charge < -0.3 is 5.11 Å². The second kappa shape index (κ2) is 7.05. The molecule has 1 aliphatic carbocycles. The molecular formula is C21H26FN3O. The van der Waals surface area contributed by atoms with E-state index in [1.165, 1.54) is 12.1 Å². The van der Waals surface area contributed by atoms with Crippen LogP contribution >= 0.6 is 0 Å². The molecular weight excluding hydrogens is 329 g/mol. The van der Waals surface area contributed by atoms with E-state index < -0.39 is 5.60 Å². The Bertz CT molecular complexity index is 749. The summed E-state index contributed by atoms with van der Waals surface area (Å²) in [6, 6.07) is 6.40. The predicted octanol–water partition coefficient (Wildman–Crippen LogP) is 3.30. The molecule has 2 heterocycles. The Balaban J connectivity index is 1.51. The van der Waals surface area contributed by atoms with E-state index in [2.05, 4.69) is 21.8 Å². The van der Waals surface area contributed by atoms with Gasteiger partial charge in [-0.05, 0) is 42.9 Å². The largest absolute Gasteiger partial charge is 0.385 e. The Morgan fingerprint density at radius 3 is 2.62 bits per heavy atom. The van der Waals surface area contributed by atoms with Gasteiger partial charge in [0.25, 0.3) is 0 Å².